The molecule has 1 amide bonds. The van der Waals surface area contributed by atoms with E-state index in [0.717, 1.165) is 37.0 Å². The Balaban J connectivity index is 1.60. The predicted molar refractivity (Wildman–Crippen MR) is 96.2 cm³/mol. The summed E-state index contributed by atoms with van der Waals surface area (Å²) in [6.07, 6.45) is 5.00. The van der Waals surface area contributed by atoms with Crippen LogP contribution in [0.1, 0.15) is 52.1 Å². The van der Waals surface area contributed by atoms with Crippen molar-refractivity contribution in [2.45, 2.75) is 31.2 Å². The van der Waals surface area contributed by atoms with E-state index < -0.39 is 11.5 Å². The van der Waals surface area contributed by atoms with Crippen molar-refractivity contribution in [2.75, 3.05) is 13.2 Å². The van der Waals surface area contributed by atoms with Crippen LogP contribution in [0.4, 0.5) is 0 Å². The van der Waals surface area contributed by atoms with E-state index in [1.165, 1.54) is 18.3 Å². The van der Waals surface area contributed by atoms with Crippen molar-refractivity contribution < 1.29 is 24.2 Å². The third-order valence-corrected chi connectivity index (χ3v) is 5.15. The van der Waals surface area contributed by atoms with E-state index in [1.807, 2.05) is 18.2 Å². The molecular weight excluding hydrogens is 348 g/mol. The molecule has 0 radical (unpaired) electrons. The number of carboxylic acid groups (broad SMARTS) is 1. The number of benzene rings is 1. The Bertz CT molecular complexity index is 872. The minimum absolute atomic E-state index is 0.0889. The number of amides is 1. The maximum atomic E-state index is 12.8. The summed E-state index contributed by atoms with van der Waals surface area (Å²) in [5.41, 5.74) is 0.767. The summed E-state index contributed by atoms with van der Waals surface area (Å²) in [6, 6.07) is 8.64. The van der Waals surface area contributed by atoms with Crippen LogP contribution in [0.15, 0.2) is 36.5 Å². The van der Waals surface area contributed by atoms with Gasteiger partial charge < -0.3 is 19.9 Å². The lowest BCUT2D eigenvalue weighted by Crippen LogP contribution is -2.44. The van der Waals surface area contributed by atoms with Gasteiger partial charge in [0.15, 0.2) is 11.5 Å². The molecule has 1 aliphatic carbocycles. The van der Waals surface area contributed by atoms with E-state index in [4.69, 9.17) is 14.6 Å². The van der Waals surface area contributed by atoms with Gasteiger partial charge in [-0.3, -0.25) is 4.79 Å². The van der Waals surface area contributed by atoms with Gasteiger partial charge in [0.2, 0.25) is 0 Å². The largest absolute Gasteiger partial charge is 0.486 e. The molecule has 1 aromatic carbocycles. The smallest absolute Gasteiger partial charge is 0.354 e. The highest BCUT2D eigenvalue weighted by Crippen LogP contribution is 2.42. The van der Waals surface area contributed by atoms with Crippen LogP contribution in [0.25, 0.3) is 0 Å². The van der Waals surface area contributed by atoms with Crippen molar-refractivity contribution in [1.29, 1.82) is 0 Å². The van der Waals surface area contributed by atoms with E-state index in [1.54, 1.807) is 0 Å². The summed E-state index contributed by atoms with van der Waals surface area (Å²) < 4.78 is 11.3. The highest BCUT2D eigenvalue weighted by molar-refractivity contribution is 5.95. The van der Waals surface area contributed by atoms with Crippen LogP contribution in [0, 0.1) is 0 Å². The molecule has 1 saturated carbocycles. The minimum Gasteiger partial charge on any atom is -0.486 e. The maximum Gasteiger partial charge on any atom is 0.354 e. The molecule has 0 atom stereocenters. The zero-order valence-electron chi connectivity index (χ0n) is 14.7. The van der Waals surface area contributed by atoms with Crippen LogP contribution in [0.3, 0.4) is 0 Å². The summed E-state index contributed by atoms with van der Waals surface area (Å²) in [5, 5.41) is 12.1. The second-order valence-corrected chi connectivity index (χ2v) is 6.84. The molecule has 2 heterocycles. The predicted octanol–water partition coefficient (Wildman–Crippen LogP) is 2.75. The van der Waals surface area contributed by atoms with Crippen LogP contribution in [-0.4, -0.2) is 35.2 Å². The fraction of sp³-hybridized carbons (Fsp3) is 0.350. The second kappa shape index (κ2) is 6.90. The number of hydrogen-bond donors (Lipinski definition) is 2. The van der Waals surface area contributed by atoms with Gasteiger partial charge in [-0.15, -0.1) is 0 Å². The van der Waals surface area contributed by atoms with Crippen LogP contribution >= 0.6 is 0 Å². The number of hydrogen-bond acceptors (Lipinski definition) is 5. The van der Waals surface area contributed by atoms with Crippen LogP contribution in [-0.2, 0) is 5.54 Å². The first-order valence-electron chi connectivity index (χ1n) is 8.99. The highest BCUT2D eigenvalue weighted by atomic mass is 16.6. The van der Waals surface area contributed by atoms with Gasteiger partial charge in [-0.1, -0.05) is 18.9 Å². The fourth-order valence-corrected chi connectivity index (χ4v) is 3.75. The summed E-state index contributed by atoms with van der Waals surface area (Å²) in [7, 11) is 0. The molecule has 1 aliphatic heterocycles. The molecule has 2 aromatic rings. The average Bonchev–Trinajstić information content (AvgIpc) is 3.17. The minimum atomic E-state index is -1.12. The van der Waals surface area contributed by atoms with Gasteiger partial charge in [-0.05, 0) is 42.7 Å². The number of aromatic nitrogens is 1. The van der Waals surface area contributed by atoms with Crippen molar-refractivity contribution in [1.82, 2.24) is 10.3 Å². The number of carbonyl (C=O) groups excluding carboxylic acids is 1. The van der Waals surface area contributed by atoms with Crippen molar-refractivity contribution in [3.63, 3.8) is 0 Å². The number of fused-ring (bicyclic) bond motifs is 1. The molecule has 7 nitrogen and oxygen atoms in total. The Labute approximate surface area is 156 Å². The summed E-state index contributed by atoms with van der Waals surface area (Å²) in [6.45, 7) is 1.05. The number of aromatic carboxylic acids is 1. The monoisotopic (exact) mass is 368 g/mol. The molecule has 0 saturated heterocycles. The Kier molecular flexibility index (Phi) is 4.43. The molecule has 2 aliphatic rings. The third kappa shape index (κ3) is 3.32. The van der Waals surface area contributed by atoms with Crippen LogP contribution in [0.5, 0.6) is 11.5 Å². The molecular formula is C20H20N2O5. The molecule has 1 fully saturated rings. The van der Waals surface area contributed by atoms with Gasteiger partial charge in [0.1, 0.15) is 18.9 Å². The van der Waals surface area contributed by atoms with Gasteiger partial charge in [0.05, 0.1) is 11.1 Å². The molecule has 2 N–H and O–H groups in total. The lowest BCUT2D eigenvalue weighted by molar-refractivity contribution is 0.0689. The second-order valence-electron chi connectivity index (χ2n) is 6.84. The lowest BCUT2D eigenvalue weighted by atomic mass is 9.87. The molecule has 0 unspecified atom stereocenters. The van der Waals surface area contributed by atoms with Crippen molar-refractivity contribution >= 4 is 11.9 Å². The van der Waals surface area contributed by atoms with Crippen molar-refractivity contribution in [2.24, 2.45) is 0 Å². The van der Waals surface area contributed by atoms with E-state index in [9.17, 15) is 9.59 Å². The number of nitrogens with zero attached hydrogens (tertiary/aromatic N) is 1. The Morgan fingerprint density at radius 1 is 1.04 bits per heavy atom. The zero-order chi connectivity index (χ0) is 18.9. The number of carboxylic acids is 1. The molecule has 4 rings (SSSR count). The van der Waals surface area contributed by atoms with Gasteiger partial charge >= 0.3 is 5.97 Å². The number of rotatable bonds is 4. The highest BCUT2D eigenvalue weighted by Gasteiger charge is 2.38. The number of pyridine rings is 1. The molecule has 7 heteroatoms. The standard InChI is InChI=1S/C20H20N2O5/c23-18(13-3-5-15(19(24)25)21-12-13)22-20(7-1-2-8-20)14-4-6-16-17(11-14)27-10-9-26-16/h3-6,11-12H,1-2,7-10H2,(H,22,23)(H,24,25). The van der Waals surface area contributed by atoms with Gasteiger partial charge in [-0.2, -0.15) is 0 Å². The van der Waals surface area contributed by atoms with Crippen molar-refractivity contribution in [3.8, 4) is 11.5 Å². The van der Waals surface area contributed by atoms with Crippen molar-refractivity contribution in [3.05, 3.63) is 53.3 Å². The third-order valence-electron chi connectivity index (χ3n) is 5.15. The summed E-state index contributed by atoms with van der Waals surface area (Å²) in [4.78, 5) is 27.6. The number of ether oxygens (including phenoxy) is 2. The molecule has 1 aromatic heterocycles. The Hall–Kier alpha value is -3.09. The fourth-order valence-electron chi connectivity index (χ4n) is 3.75. The first kappa shape index (κ1) is 17.3. The molecule has 140 valence electrons. The van der Waals surface area contributed by atoms with E-state index in [-0.39, 0.29) is 11.6 Å². The van der Waals surface area contributed by atoms with Gasteiger partial charge in [-0.25, -0.2) is 9.78 Å². The van der Waals surface area contributed by atoms with E-state index in [2.05, 4.69) is 10.3 Å². The topological polar surface area (TPSA) is 97.8 Å². The molecule has 0 bridgehead atoms. The Morgan fingerprint density at radius 3 is 2.44 bits per heavy atom. The molecule has 27 heavy (non-hydrogen) atoms. The lowest BCUT2D eigenvalue weighted by Gasteiger charge is -2.32. The quantitative estimate of drug-likeness (QED) is 0.861. The van der Waals surface area contributed by atoms with Gasteiger partial charge in [0, 0.05) is 6.20 Å². The van der Waals surface area contributed by atoms with Crippen LogP contribution in [0.2, 0.25) is 0 Å². The first-order valence-corrected chi connectivity index (χ1v) is 8.99. The normalized spacial score (nSPS) is 17.3. The summed E-state index contributed by atoms with van der Waals surface area (Å²) >= 11 is 0. The zero-order valence-corrected chi connectivity index (χ0v) is 14.7. The number of carbonyl (C=O) groups is 2. The first-order chi connectivity index (χ1) is 13.1. The SMILES string of the molecule is O=C(NC1(c2ccc3c(c2)OCCO3)CCCC1)c1ccc(C(=O)O)nc1. The van der Waals surface area contributed by atoms with Gasteiger partial charge in [0.25, 0.3) is 5.91 Å². The average molecular weight is 368 g/mol. The Morgan fingerprint density at radius 2 is 1.78 bits per heavy atom. The van der Waals surface area contributed by atoms with E-state index in [0.29, 0.717) is 24.5 Å². The maximum absolute atomic E-state index is 12.8. The van der Waals surface area contributed by atoms with Crippen LogP contribution < -0.4 is 14.8 Å². The summed E-state index contributed by atoms with van der Waals surface area (Å²) in [5.74, 6) is 0.0337. The number of nitrogens with one attached hydrogen (secondary N) is 1. The van der Waals surface area contributed by atoms with E-state index >= 15 is 0 Å². The molecule has 0 spiro atoms.